The van der Waals surface area contributed by atoms with E-state index < -0.39 is 30.1 Å². The Kier molecular flexibility index (Phi) is 7.27. The van der Waals surface area contributed by atoms with Gasteiger partial charge in [-0.05, 0) is 31.2 Å². The average Bonchev–Trinajstić information content (AvgIpc) is 2.69. The molecule has 158 valence electrons. The molecule has 0 heterocycles. The number of benzene rings is 2. The Morgan fingerprint density at radius 3 is 2.60 bits per heavy atom. The lowest BCUT2D eigenvalue weighted by Gasteiger charge is -2.14. The van der Waals surface area contributed by atoms with Gasteiger partial charge in [0.05, 0.1) is 0 Å². The summed E-state index contributed by atoms with van der Waals surface area (Å²) in [6, 6.07) is 9.68. The van der Waals surface area contributed by atoms with Gasteiger partial charge in [-0.1, -0.05) is 36.1 Å². The molecule has 0 aliphatic carbocycles. The largest absolute Gasteiger partial charge is 0.573 e. The number of primary amides is 1. The van der Waals surface area contributed by atoms with E-state index in [-0.39, 0.29) is 22.7 Å². The number of carbonyl (C=O) groups excluding carboxylic acids is 2. The lowest BCUT2D eigenvalue weighted by atomic mass is 10.1. The van der Waals surface area contributed by atoms with Crippen molar-refractivity contribution in [2.75, 3.05) is 0 Å². The highest BCUT2D eigenvalue weighted by Crippen LogP contribution is 2.26. The number of rotatable bonds is 5. The number of nitrogens with zero attached hydrogens (tertiary/aromatic N) is 1. The minimum absolute atomic E-state index is 0.155. The second-order valence-corrected chi connectivity index (χ2v) is 6.05. The Morgan fingerprint density at radius 2 is 1.93 bits per heavy atom. The minimum atomic E-state index is -4.84. The molecule has 1 unspecified atom stereocenters. The van der Waals surface area contributed by atoms with Crippen molar-refractivity contribution < 1.29 is 32.7 Å². The fraction of sp³-hybridized carbons (Fsp3) is 0.200. The number of hydrogen-bond donors (Lipinski definition) is 3. The third-order valence-corrected chi connectivity index (χ3v) is 3.78. The predicted octanol–water partition coefficient (Wildman–Crippen LogP) is 3.03. The van der Waals surface area contributed by atoms with Crippen LogP contribution in [0.3, 0.4) is 0 Å². The van der Waals surface area contributed by atoms with Crippen LogP contribution in [0.5, 0.6) is 5.75 Å². The van der Waals surface area contributed by atoms with E-state index in [1.165, 1.54) is 37.3 Å². The zero-order valence-corrected chi connectivity index (χ0v) is 15.7. The number of hydroxylamine groups is 2. The standard InChI is InChI=1S/C20H18F3N3O4/c1-13(26(29)19(24)28)9-10-14-5-4-7-15(11-14)18(27)25-12-16-6-2-3-8-17(16)30-20(21,22)23/h2-8,11,13,29H,12H2,1H3,(H2,24,28)(H,25,27). The van der Waals surface area contributed by atoms with Crippen LogP contribution in [0, 0.1) is 11.8 Å². The van der Waals surface area contributed by atoms with Crippen LogP contribution in [0.1, 0.15) is 28.4 Å². The normalized spacial score (nSPS) is 11.6. The van der Waals surface area contributed by atoms with Gasteiger partial charge >= 0.3 is 12.4 Å². The van der Waals surface area contributed by atoms with Crippen LogP contribution in [0.2, 0.25) is 0 Å². The summed E-state index contributed by atoms with van der Waals surface area (Å²) < 4.78 is 41.4. The molecule has 0 aliphatic rings. The highest BCUT2D eigenvalue weighted by molar-refractivity contribution is 5.94. The van der Waals surface area contributed by atoms with Crippen LogP contribution >= 0.6 is 0 Å². The van der Waals surface area contributed by atoms with E-state index in [1.807, 2.05) is 0 Å². The first-order valence-electron chi connectivity index (χ1n) is 8.58. The van der Waals surface area contributed by atoms with E-state index in [1.54, 1.807) is 12.1 Å². The number of carbonyl (C=O) groups is 2. The summed E-state index contributed by atoms with van der Waals surface area (Å²) in [5.41, 5.74) is 5.74. The molecule has 0 saturated heterocycles. The number of hydrogen-bond acceptors (Lipinski definition) is 4. The number of nitrogens with two attached hydrogens (primary N) is 1. The van der Waals surface area contributed by atoms with E-state index >= 15 is 0 Å². The molecule has 0 spiro atoms. The molecule has 10 heteroatoms. The average molecular weight is 421 g/mol. The third-order valence-electron chi connectivity index (χ3n) is 3.78. The van der Waals surface area contributed by atoms with Crippen molar-refractivity contribution in [2.24, 2.45) is 5.73 Å². The number of urea groups is 1. The summed E-state index contributed by atoms with van der Waals surface area (Å²) >= 11 is 0. The van der Waals surface area contributed by atoms with Crippen molar-refractivity contribution in [2.45, 2.75) is 25.9 Å². The van der Waals surface area contributed by atoms with Gasteiger partial charge in [-0.15, -0.1) is 13.2 Å². The third kappa shape index (κ3) is 6.72. The van der Waals surface area contributed by atoms with Crippen molar-refractivity contribution in [3.63, 3.8) is 0 Å². The van der Waals surface area contributed by atoms with Gasteiger partial charge in [-0.25, -0.2) is 4.79 Å². The van der Waals surface area contributed by atoms with Crippen molar-refractivity contribution in [3.05, 3.63) is 65.2 Å². The monoisotopic (exact) mass is 421 g/mol. The fourth-order valence-electron chi connectivity index (χ4n) is 2.33. The summed E-state index contributed by atoms with van der Waals surface area (Å²) in [5, 5.41) is 12.2. The maximum atomic E-state index is 12.5. The molecule has 30 heavy (non-hydrogen) atoms. The van der Waals surface area contributed by atoms with Crippen LogP contribution in [0.4, 0.5) is 18.0 Å². The Bertz CT molecular complexity index is 983. The number of ether oxygens (including phenoxy) is 1. The van der Waals surface area contributed by atoms with Crippen LogP contribution in [-0.4, -0.2) is 34.6 Å². The molecule has 2 rings (SSSR count). The van der Waals surface area contributed by atoms with Gasteiger partial charge < -0.3 is 15.8 Å². The zero-order chi connectivity index (χ0) is 22.3. The minimum Gasteiger partial charge on any atom is -0.405 e. The number of amides is 3. The van der Waals surface area contributed by atoms with E-state index in [2.05, 4.69) is 21.9 Å². The molecule has 0 fully saturated rings. The highest BCUT2D eigenvalue weighted by Gasteiger charge is 2.32. The summed E-state index contributed by atoms with van der Waals surface area (Å²) in [6.07, 6.45) is -4.84. The Morgan fingerprint density at radius 1 is 1.23 bits per heavy atom. The van der Waals surface area contributed by atoms with E-state index in [9.17, 15) is 28.0 Å². The van der Waals surface area contributed by atoms with E-state index in [0.717, 1.165) is 6.07 Å². The molecule has 0 aromatic heterocycles. The molecule has 0 saturated carbocycles. The summed E-state index contributed by atoms with van der Waals surface area (Å²) in [6.45, 7) is 1.27. The zero-order valence-electron chi connectivity index (χ0n) is 15.7. The molecule has 0 aliphatic heterocycles. The highest BCUT2D eigenvalue weighted by atomic mass is 19.4. The van der Waals surface area contributed by atoms with Gasteiger partial charge in [-0.3, -0.25) is 10.0 Å². The molecule has 0 radical (unpaired) electrons. The molecular weight excluding hydrogens is 403 g/mol. The number of para-hydroxylation sites is 1. The summed E-state index contributed by atoms with van der Waals surface area (Å²) in [4.78, 5) is 23.3. The van der Waals surface area contributed by atoms with Crippen LogP contribution in [0.25, 0.3) is 0 Å². The molecule has 2 aromatic carbocycles. The summed E-state index contributed by atoms with van der Waals surface area (Å²) in [7, 11) is 0. The first kappa shape index (κ1) is 22.6. The van der Waals surface area contributed by atoms with Gasteiger partial charge in [0.2, 0.25) is 0 Å². The first-order valence-corrected chi connectivity index (χ1v) is 8.58. The number of halogens is 3. The predicted molar refractivity (Wildman–Crippen MR) is 100 cm³/mol. The quantitative estimate of drug-likeness (QED) is 0.392. The molecule has 1 atom stereocenters. The van der Waals surface area contributed by atoms with E-state index in [0.29, 0.717) is 5.56 Å². The molecule has 3 amide bonds. The van der Waals surface area contributed by atoms with Crippen LogP contribution in [-0.2, 0) is 6.54 Å². The van der Waals surface area contributed by atoms with Crippen LogP contribution in [0.15, 0.2) is 48.5 Å². The fourth-order valence-corrected chi connectivity index (χ4v) is 2.33. The molecule has 7 nitrogen and oxygen atoms in total. The molecule has 4 N–H and O–H groups in total. The van der Waals surface area contributed by atoms with E-state index in [4.69, 9.17) is 5.73 Å². The Hall–Kier alpha value is -3.71. The van der Waals surface area contributed by atoms with Crippen molar-refractivity contribution in [1.82, 2.24) is 10.4 Å². The molecular formula is C20H18F3N3O4. The number of nitrogens with one attached hydrogen (secondary N) is 1. The topological polar surface area (TPSA) is 105 Å². The maximum Gasteiger partial charge on any atom is 0.573 e. The second-order valence-electron chi connectivity index (χ2n) is 6.05. The van der Waals surface area contributed by atoms with Crippen LogP contribution < -0.4 is 15.8 Å². The smallest absolute Gasteiger partial charge is 0.405 e. The molecule has 2 aromatic rings. The van der Waals surface area contributed by atoms with Crippen molar-refractivity contribution in [1.29, 1.82) is 0 Å². The van der Waals surface area contributed by atoms with Crippen molar-refractivity contribution in [3.8, 4) is 17.6 Å². The van der Waals surface area contributed by atoms with Gasteiger partial charge in [0.1, 0.15) is 11.8 Å². The Labute approximate surface area is 170 Å². The number of alkyl halides is 3. The first-order chi connectivity index (χ1) is 14.1. The van der Waals surface area contributed by atoms with Gasteiger partial charge in [-0.2, -0.15) is 5.06 Å². The van der Waals surface area contributed by atoms with Gasteiger partial charge in [0.15, 0.2) is 0 Å². The lowest BCUT2D eigenvalue weighted by Crippen LogP contribution is -2.38. The molecule has 0 bridgehead atoms. The van der Waals surface area contributed by atoms with Gasteiger partial charge in [0, 0.05) is 23.2 Å². The Balaban J connectivity index is 2.08. The second kappa shape index (κ2) is 9.67. The SMILES string of the molecule is CC(C#Cc1cccc(C(=O)NCc2ccccc2OC(F)(F)F)c1)N(O)C(N)=O. The summed E-state index contributed by atoms with van der Waals surface area (Å²) in [5.74, 6) is 4.37. The van der Waals surface area contributed by atoms with Crippen molar-refractivity contribution >= 4 is 11.9 Å². The van der Waals surface area contributed by atoms with Gasteiger partial charge in [0.25, 0.3) is 5.91 Å². The lowest BCUT2D eigenvalue weighted by molar-refractivity contribution is -0.274. The maximum absolute atomic E-state index is 12.5.